The Morgan fingerprint density at radius 3 is 2.76 bits per heavy atom. The maximum atomic E-state index is 12.6. The predicted molar refractivity (Wildman–Crippen MR) is 95.3 cm³/mol. The van der Waals surface area contributed by atoms with Crippen LogP contribution in [0.3, 0.4) is 0 Å². The number of amides is 1. The first-order valence-electron chi connectivity index (χ1n) is 8.16. The van der Waals surface area contributed by atoms with Gasteiger partial charge in [-0.25, -0.2) is 0 Å². The molecule has 0 bridgehead atoms. The summed E-state index contributed by atoms with van der Waals surface area (Å²) in [6.45, 7) is 1.82. The molecule has 1 heterocycles. The number of benzene rings is 2. The molecule has 0 atom stereocenters. The van der Waals surface area contributed by atoms with E-state index in [9.17, 15) is 4.79 Å². The van der Waals surface area contributed by atoms with Gasteiger partial charge in [-0.3, -0.25) is 4.79 Å². The molecular formula is C20H21NO4. The quantitative estimate of drug-likeness (QED) is 0.727. The van der Waals surface area contributed by atoms with Crippen LogP contribution in [0.2, 0.25) is 0 Å². The van der Waals surface area contributed by atoms with Gasteiger partial charge in [0.2, 0.25) is 12.7 Å². The van der Waals surface area contributed by atoms with Crippen molar-refractivity contribution in [3.8, 4) is 11.5 Å². The van der Waals surface area contributed by atoms with Crippen LogP contribution in [0.15, 0.2) is 54.6 Å². The average Bonchev–Trinajstić information content (AvgIpc) is 3.11. The number of carbonyl (C=O) groups is 1. The van der Waals surface area contributed by atoms with Crippen LogP contribution in [0, 0.1) is 0 Å². The summed E-state index contributed by atoms with van der Waals surface area (Å²) >= 11 is 0. The molecule has 0 fully saturated rings. The standard InChI is InChI=1S/C20H21NO4/c1-23-12-11-21(14-17-5-3-2-4-6-17)20(22)10-8-16-7-9-18-19(13-16)25-15-24-18/h2-10,13H,11-12,14-15H2,1H3/b10-8+. The van der Waals surface area contributed by atoms with Gasteiger partial charge < -0.3 is 19.1 Å². The van der Waals surface area contributed by atoms with Gasteiger partial charge in [-0.2, -0.15) is 0 Å². The average molecular weight is 339 g/mol. The summed E-state index contributed by atoms with van der Waals surface area (Å²) in [6.07, 6.45) is 3.37. The van der Waals surface area contributed by atoms with Gasteiger partial charge in [-0.1, -0.05) is 36.4 Å². The van der Waals surface area contributed by atoms with Gasteiger partial charge in [0.1, 0.15) is 0 Å². The number of hydrogen-bond donors (Lipinski definition) is 0. The van der Waals surface area contributed by atoms with Crippen molar-refractivity contribution in [1.82, 2.24) is 4.90 Å². The Labute approximate surface area is 147 Å². The van der Waals surface area contributed by atoms with Crippen LogP contribution in [0.1, 0.15) is 11.1 Å². The highest BCUT2D eigenvalue weighted by Gasteiger charge is 2.13. The molecule has 1 amide bonds. The number of methoxy groups -OCH3 is 1. The number of hydrogen-bond acceptors (Lipinski definition) is 4. The molecule has 1 aliphatic rings. The summed E-state index contributed by atoms with van der Waals surface area (Å²) in [6, 6.07) is 15.5. The second kappa shape index (κ2) is 8.35. The van der Waals surface area contributed by atoms with E-state index in [2.05, 4.69) is 0 Å². The summed E-state index contributed by atoms with van der Waals surface area (Å²) in [7, 11) is 1.63. The maximum absolute atomic E-state index is 12.6. The van der Waals surface area contributed by atoms with E-state index in [-0.39, 0.29) is 12.7 Å². The van der Waals surface area contributed by atoms with Gasteiger partial charge >= 0.3 is 0 Å². The zero-order chi connectivity index (χ0) is 17.5. The second-order valence-electron chi connectivity index (χ2n) is 5.68. The van der Waals surface area contributed by atoms with Crippen molar-refractivity contribution in [3.63, 3.8) is 0 Å². The highest BCUT2D eigenvalue weighted by Crippen LogP contribution is 2.32. The zero-order valence-corrected chi connectivity index (χ0v) is 14.2. The Hall–Kier alpha value is -2.79. The summed E-state index contributed by atoms with van der Waals surface area (Å²) in [5, 5.41) is 0. The van der Waals surface area contributed by atoms with Gasteiger partial charge in [0, 0.05) is 26.3 Å². The van der Waals surface area contributed by atoms with Crippen LogP contribution >= 0.6 is 0 Å². The molecule has 5 nitrogen and oxygen atoms in total. The first-order valence-corrected chi connectivity index (χ1v) is 8.16. The van der Waals surface area contributed by atoms with Crippen LogP contribution in [0.5, 0.6) is 11.5 Å². The van der Waals surface area contributed by atoms with Crippen molar-refractivity contribution in [2.24, 2.45) is 0 Å². The SMILES string of the molecule is COCCN(Cc1ccccc1)C(=O)/C=C/c1ccc2c(c1)OCO2. The molecule has 2 aromatic rings. The van der Waals surface area contributed by atoms with Crippen LogP contribution in [-0.2, 0) is 16.1 Å². The van der Waals surface area contributed by atoms with Crippen LogP contribution in [-0.4, -0.2) is 37.9 Å². The van der Waals surface area contributed by atoms with Crippen molar-refractivity contribution in [1.29, 1.82) is 0 Å². The molecule has 130 valence electrons. The van der Waals surface area contributed by atoms with Gasteiger partial charge in [0.05, 0.1) is 6.61 Å². The van der Waals surface area contributed by atoms with Crippen LogP contribution < -0.4 is 9.47 Å². The number of carbonyl (C=O) groups excluding carboxylic acids is 1. The van der Waals surface area contributed by atoms with E-state index in [0.717, 1.165) is 16.9 Å². The molecule has 1 aliphatic heterocycles. The Morgan fingerprint density at radius 2 is 1.96 bits per heavy atom. The normalized spacial score (nSPS) is 12.5. The monoisotopic (exact) mass is 339 g/mol. The fourth-order valence-corrected chi connectivity index (χ4v) is 2.56. The number of nitrogens with zero attached hydrogens (tertiary/aromatic N) is 1. The van der Waals surface area contributed by atoms with Crippen molar-refractivity contribution in [2.75, 3.05) is 27.1 Å². The highest BCUT2D eigenvalue weighted by molar-refractivity contribution is 5.91. The highest BCUT2D eigenvalue weighted by atomic mass is 16.7. The molecule has 5 heteroatoms. The molecule has 25 heavy (non-hydrogen) atoms. The fraction of sp³-hybridized carbons (Fsp3) is 0.250. The van der Waals surface area contributed by atoms with E-state index >= 15 is 0 Å². The van der Waals surface area contributed by atoms with Crippen molar-refractivity contribution >= 4 is 12.0 Å². The molecule has 0 aliphatic carbocycles. The lowest BCUT2D eigenvalue weighted by Gasteiger charge is -2.21. The van der Waals surface area contributed by atoms with E-state index in [4.69, 9.17) is 14.2 Å². The largest absolute Gasteiger partial charge is 0.454 e. The van der Waals surface area contributed by atoms with E-state index in [1.165, 1.54) is 0 Å². The lowest BCUT2D eigenvalue weighted by molar-refractivity contribution is -0.127. The lowest BCUT2D eigenvalue weighted by Crippen LogP contribution is -2.32. The van der Waals surface area contributed by atoms with Gasteiger partial charge in [0.15, 0.2) is 11.5 Å². The third-order valence-electron chi connectivity index (χ3n) is 3.91. The minimum atomic E-state index is -0.0569. The predicted octanol–water partition coefficient (Wildman–Crippen LogP) is 3.10. The molecule has 0 N–H and O–H groups in total. The summed E-state index contributed by atoms with van der Waals surface area (Å²) in [5.41, 5.74) is 1.98. The van der Waals surface area contributed by atoms with Crippen molar-refractivity contribution < 1.29 is 19.0 Å². The fourth-order valence-electron chi connectivity index (χ4n) is 2.56. The Morgan fingerprint density at radius 1 is 1.16 bits per heavy atom. The summed E-state index contributed by atoms with van der Waals surface area (Å²) < 4.78 is 15.8. The molecular weight excluding hydrogens is 318 g/mol. The van der Waals surface area contributed by atoms with Crippen molar-refractivity contribution in [3.05, 3.63) is 65.7 Å². The van der Waals surface area contributed by atoms with Gasteiger partial charge in [-0.15, -0.1) is 0 Å². The third-order valence-corrected chi connectivity index (χ3v) is 3.91. The molecule has 0 saturated heterocycles. The first kappa shape index (κ1) is 17.0. The minimum absolute atomic E-state index is 0.0569. The summed E-state index contributed by atoms with van der Waals surface area (Å²) in [4.78, 5) is 14.4. The van der Waals surface area contributed by atoms with Gasteiger partial charge in [0.25, 0.3) is 0 Å². The zero-order valence-electron chi connectivity index (χ0n) is 14.2. The van der Waals surface area contributed by atoms with E-state index in [0.29, 0.717) is 25.4 Å². The van der Waals surface area contributed by atoms with E-state index < -0.39 is 0 Å². The minimum Gasteiger partial charge on any atom is -0.454 e. The molecule has 0 aromatic heterocycles. The molecule has 3 rings (SSSR count). The van der Waals surface area contributed by atoms with E-state index in [1.807, 2.05) is 48.5 Å². The van der Waals surface area contributed by atoms with Crippen LogP contribution in [0.25, 0.3) is 6.08 Å². The third kappa shape index (κ3) is 4.61. The first-order chi connectivity index (χ1) is 12.3. The van der Waals surface area contributed by atoms with Crippen molar-refractivity contribution in [2.45, 2.75) is 6.54 Å². The summed E-state index contributed by atoms with van der Waals surface area (Å²) in [5.74, 6) is 1.38. The molecule has 0 unspecified atom stereocenters. The van der Waals surface area contributed by atoms with Gasteiger partial charge in [-0.05, 0) is 29.3 Å². The topological polar surface area (TPSA) is 48.0 Å². The van der Waals surface area contributed by atoms with Crippen LogP contribution in [0.4, 0.5) is 0 Å². The second-order valence-corrected chi connectivity index (χ2v) is 5.68. The van der Waals surface area contributed by atoms with E-state index in [1.54, 1.807) is 24.2 Å². The Kier molecular flexibility index (Phi) is 5.69. The number of ether oxygens (including phenoxy) is 3. The smallest absolute Gasteiger partial charge is 0.246 e. The molecule has 2 aromatic carbocycles. The molecule has 0 radical (unpaired) electrons. The molecule has 0 saturated carbocycles. The number of rotatable bonds is 7. The molecule has 0 spiro atoms. The lowest BCUT2D eigenvalue weighted by atomic mass is 10.1. The number of fused-ring (bicyclic) bond motifs is 1. The Balaban J connectivity index is 1.68. The Bertz CT molecular complexity index is 743. The maximum Gasteiger partial charge on any atom is 0.246 e.